The van der Waals surface area contributed by atoms with Gasteiger partial charge in [0.2, 0.25) is 16.0 Å². The van der Waals surface area contributed by atoms with Gasteiger partial charge in [-0.15, -0.1) is 5.10 Å². The Morgan fingerprint density at radius 3 is 2.61 bits per heavy atom. The molecule has 8 heteroatoms. The highest BCUT2D eigenvalue weighted by Crippen LogP contribution is 2.30. The number of likely N-dealkylation sites (N-methyl/N-ethyl adjacent to an activating group) is 1. The third-order valence-electron chi connectivity index (χ3n) is 6.55. The summed E-state index contributed by atoms with van der Waals surface area (Å²) in [6, 6.07) is 8.41. The molecule has 2 fully saturated rings. The second kappa shape index (κ2) is 8.59. The number of hydrogen-bond donors (Lipinski definition) is 0. The quantitative estimate of drug-likeness (QED) is 0.626. The predicted octanol–water partition coefficient (Wildman–Crippen LogP) is 3.15. The van der Waals surface area contributed by atoms with Gasteiger partial charge >= 0.3 is 0 Å². The van der Waals surface area contributed by atoms with Gasteiger partial charge in [-0.25, -0.2) is 9.50 Å². The average Bonchev–Trinajstić information content (AvgIpc) is 3.39. The zero-order valence-electron chi connectivity index (χ0n) is 18.3. The molecule has 1 unspecified atom stereocenters. The Bertz CT molecular complexity index is 1020. The van der Waals surface area contributed by atoms with Crippen LogP contribution in [0.4, 0.5) is 5.13 Å². The zero-order valence-corrected chi connectivity index (χ0v) is 19.1. The number of fused-ring (bicyclic) bond motifs is 1. The van der Waals surface area contributed by atoms with Crippen LogP contribution in [0.15, 0.2) is 30.5 Å². The molecule has 2 aliphatic heterocycles. The summed E-state index contributed by atoms with van der Waals surface area (Å²) in [5, 5.41) is 5.76. The number of piperazine rings is 1. The van der Waals surface area contributed by atoms with Crippen LogP contribution in [0.5, 0.6) is 0 Å². The van der Waals surface area contributed by atoms with Crippen molar-refractivity contribution in [2.24, 2.45) is 5.92 Å². The molecule has 1 amide bonds. The van der Waals surface area contributed by atoms with Crippen molar-refractivity contribution in [1.29, 1.82) is 0 Å². The van der Waals surface area contributed by atoms with E-state index in [0.717, 1.165) is 80.0 Å². The van der Waals surface area contributed by atoms with E-state index >= 15 is 0 Å². The highest BCUT2D eigenvalue weighted by molar-refractivity contribution is 7.20. The molecule has 7 nitrogen and oxygen atoms in total. The summed E-state index contributed by atoms with van der Waals surface area (Å²) >= 11 is 1.61. The molecule has 0 spiro atoms. The first kappa shape index (κ1) is 20.5. The van der Waals surface area contributed by atoms with E-state index in [0.29, 0.717) is 5.91 Å². The topological polar surface area (TPSA) is 57.0 Å². The number of carbonyl (C=O) groups is 1. The fraction of sp³-hybridized carbons (Fsp3) is 0.522. The number of imidazole rings is 1. The van der Waals surface area contributed by atoms with Crippen LogP contribution in [0.25, 0.3) is 16.2 Å². The number of anilines is 1. The van der Waals surface area contributed by atoms with Gasteiger partial charge in [-0.3, -0.25) is 4.79 Å². The molecule has 0 bridgehead atoms. The highest BCUT2D eigenvalue weighted by atomic mass is 32.1. The number of rotatable bonds is 4. The van der Waals surface area contributed by atoms with Crippen molar-refractivity contribution in [2.45, 2.75) is 26.7 Å². The Balaban J connectivity index is 1.27. The van der Waals surface area contributed by atoms with Gasteiger partial charge in [0.05, 0.1) is 17.8 Å². The molecule has 3 aromatic rings. The lowest BCUT2D eigenvalue weighted by Gasteiger charge is -2.38. The van der Waals surface area contributed by atoms with E-state index in [1.165, 1.54) is 5.56 Å². The van der Waals surface area contributed by atoms with Crippen LogP contribution < -0.4 is 4.90 Å². The Kier molecular flexibility index (Phi) is 5.67. The Hall–Kier alpha value is -2.45. The minimum Gasteiger partial charge on any atom is -0.346 e. The number of amides is 1. The fourth-order valence-electron chi connectivity index (χ4n) is 4.58. The molecule has 1 aromatic carbocycles. The minimum atomic E-state index is 0.0706. The van der Waals surface area contributed by atoms with Gasteiger partial charge in [-0.2, -0.15) is 0 Å². The van der Waals surface area contributed by atoms with Crippen molar-refractivity contribution in [3.63, 3.8) is 0 Å². The second-order valence-electron chi connectivity index (χ2n) is 8.65. The van der Waals surface area contributed by atoms with Crippen LogP contribution in [0, 0.1) is 12.8 Å². The molecule has 164 valence electrons. The zero-order chi connectivity index (χ0) is 21.4. The van der Waals surface area contributed by atoms with Crippen molar-refractivity contribution in [3.05, 3.63) is 36.0 Å². The fourth-order valence-corrected chi connectivity index (χ4v) is 5.49. The molecule has 2 aliphatic rings. The molecule has 4 heterocycles. The van der Waals surface area contributed by atoms with Crippen LogP contribution >= 0.6 is 11.3 Å². The molecule has 2 aromatic heterocycles. The van der Waals surface area contributed by atoms with Crippen LogP contribution in [0.1, 0.15) is 25.3 Å². The van der Waals surface area contributed by atoms with Gasteiger partial charge in [0.25, 0.3) is 0 Å². The molecule has 0 saturated carbocycles. The van der Waals surface area contributed by atoms with Gasteiger partial charge in [-0.05, 0) is 26.3 Å². The first-order valence-electron chi connectivity index (χ1n) is 11.3. The summed E-state index contributed by atoms with van der Waals surface area (Å²) in [5.74, 6) is 0.393. The maximum atomic E-state index is 13.1. The first-order chi connectivity index (χ1) is 15.1. The van der Waals surface area contributed by atoms with E-state index in [4.69, 9.17) is 10.1 Å². The average molecular weight is 439 g/mol. The normalized spacial score (nSPS) is 20.5. The summed E-state index contributed by atoms with van der Waals surface area (Å²) in [6.45, 7) is 10.7. The van der Waals surface area contributed by atoms with E-state index in [9.17, 15) is 4.79 Å². The summed E-state index contributed by atoms with van der Waals surface area (Å²) in [4.78, 5) is 25.6. The maximum Gasteiger partial charge on any atom is 0.227 e. The molecular weight excluding hydrogens is 408 g/mol. The summed E-state index contributed by atoms with van der Waals surface area (Å²) in [5.41, 5.74) is 3.30. The van der Waals surface area contributed by atoms with E-state index in [1.54, 1.807) is 11.3 Å². The smallest absolute Gasteiger partial charge is 0.227 e. The number of aromatic nitrogens is 3. The summed E-state index contributed by atoms with van der Waals surface area (Å²) in [6.07, 6.45) is 4.01. The maximum absolute atomic E-state index is 13.1. The number of nitrogens with zero attached hydrogens (tertiary/aromatic N) is 6. The van der Waals surface area contributed by atoms with Crippen molar-refractivity contribution in [1.82, 2.24) is 24.4 Å². The van der Waals surface area contributed by atoms with Crippen molar-refractivity contribution >= 4 is 27.3 Å². The lowest BCUT2D eigenvalue weighted by Crippen LogP contribution is -2.52. The lowest BCUT2D eigenvalue weighted by atomic mass is 9.96. The van der Waals surface area contributed by atoms with E-state index in [-0.39, 0.29) is 5.92 Å². The molecule has 0 aliphatic carbocycles. The number of aryl methyl sites for hydroxylation is 1. The van der Waals surface area contributed by atoms with Crippen LogP contribution in [-0.2, 0) is 4.79 Å². The van der Waals surface area contributed by atoms with Gasteiger partial charge in [0, 0.05) is 44.8 Å². The second-order valence-corrected chi connectivity index (χ2v) is 9.58. The highest BCUT2D eigenvalue weighted by Gasteiger charge is 2.32. The SMILES string of the molecule is CCN1CCN(C(=O)C2CCCN(c3nn4cc(-c5ccc(C)cc5)nc4s3)C2)CC1. The first-order valence-corrected chi connectivity index (χ1v) is 12.1. The minimum absolute atomic E-state index is 0.0706. The van der Waals surface area contributed by atoms with Gasteiger partial charge < -0.3 is 14.7 Å². The molecule has 0 radical (unpaired) electrons. The van der Waals surface area contributed by atoms with Crippen molar-refractivity contribution in [3.8, 4) is 11.3 Å². The monoisotopic (exact) mass is 438 g/mol. The Morgan fingerprint density at radius 1 is 1.13 bits per heavy atom. The van der Waals surface area contributed by atoms with Gasteiger partial charge in [-0.1, -0.05) is 48.1 Å². The van der Waals surface area contributed by atoms with Crippen molar-refractivity contribution in [2.75, 3.05) is 50.7 Å². The van der Waals surface area contributed by atoms with E-state index in [1.807, 2.05) is 10.7 Å². The predicted molar refractivity (Wildman–Crippen MR) is 125 cm³/mol. The lowest BCUT2D eigenvalue weighted by molar-refractivity contribution is -0.137. The van der Waals surface area contributed by atoms with Gasteiger partial charge in [0.1, 0.15) is 0 Å². The van der Waals surface area contributed by atoms with Crippen LogP contribution in [0.2, 0.25) is 0 Å². The van der Waals surface area contributed by atoms with Gasteiger partial charge in [0.15, 0.2) is 0 Å². The summed E-state index contributed by atoms with van der Waals surface area (Å²) in [7, 11) is 0. The molecule has 2 saturated heterocycles. The molecule has 0 N–H and O–H groups in total. The summed E-state index contributed by atoms with van der Waals surface area (Å²) < 4.78 is 1.88. The number of piperidine rings is 1. The molecular formula is C23H30N6OS. The van der Waals surface area contributed by atoms with E-state index in [2.05, 4.69) is 52.8 Å². The van der Waals surface area contributed by atoms with E-state index < -0.39 is 0 Å². The Labute approximate surface area is 187 Å². The standard InChI is InChI=1S/C23H30N6OS/c1-3-26-11-13-27(14-12-26)21(30)19-5-4-10-28(15-19)23-25-29-16-20(24-22(29)31-23)18-8-6-17(2)7-9-18/h6-9,16,19H,3-5,10-15H2,1-2H3. The molecule has 1 atom stereocenters. The third-order valence-corrected chi connectivity index (χ3v) is 7.54. The Morgan fingerprint density at radius 2 is 1.90 bits per heavy atom. The third kappa shape index (κ3) is 4.19. The number of hydrogen-bond acceptors (Lipinski definition) is 6. The number of benzene rings is 1. The largest absolute Gasteiger partial charge is 0.346 e. The van der Waals surface area contributed by atoms with Crippen LogP contribution in [0.3, 0.4) is 0 Å². The molecule has 31 heavy (non-hydrogen) atoms. The van der Waals surface area contributed by atoms with Crippen molar-refractivity contribution < 1.29 is 4.79 Å². The van der Waals surface area contributed by atoms with Crippen LogP contribution in [-0.4, -0.2) is 76.1 Å². The number of carbonyl (C=O) groups excluding carboxylic acids is 1. The molecule has 5 rings (SSSR count).